The molecule has 4 nitrogen and oxygen atoms in total. The summed E-state index contributed by atoms with van der Waals surface area (Å²) in [6.07, 6.45) is -0.224. The molecule has 2 N–H and O–H groups in total. The number of likely N-dealkylation sites (tertiary alicyclic amines) is 1. The highest BCUT2D eigenvalue weighted by atomic mass is 16.6. The van der Waals surface area contributed by atoms with Crippen LogP contribution in [0.1, 0.15) is 20.8 Å². The second-order valence-electron chi connectivity index (χ2n) is 4.52. The third kappa shape index (κ3) is 2.87. The summed E-state index contributed by atoms with van der Waals surface area (Å²) in [6.45, 7) is 7.92. The van der Waals surface area contributed by atoms with Crippen LogP contribution in [0.4, 0.5) is 4.79 Å². The van der Waals surface area contributed by atoms with Crippen LogP contribution in [0.25, 0.3) is 0 Å². The second-order valence-corrected chi connectivity index (χ2v) is 4.52. The number of nitrogens with zero attached hydrogens (tertiary/aromatic N) is 1. The van der Waals surface area contributed by atoms with Crippen LogP contribution >= 0.6 is 0 Å². The number of rotatable bonds is 2. The van der Waals surface area contributed by atoms with Crippen molar-refractivity contribution in [3.63, 3.8) is 0 Å². The van der Waals surface area contributed by atoms with Gasteiger partial charge in [-0.25, -0.2) is 4.79 Å². The monoisotopic (exact) mass is 200 g/mol. The van der Waals surface area contributed by atoms with Gasteiger partial charge in [-0.05, 0) is 11.8 Å². The molecule has 2 atom stereocenters. The van der Waals surface area contributed by atoms with Crippen molar-refractivity contribution in [1.82, 2.24) is 4.90 Å². The fourth-order valence-electron chi connectivity index (χ4n) is 1.47. The molecule has 0 aromatic rings. The molecule has 14 heavy (non-hydrogen) atoms. The number of hydrogen-bond donors (Lipinski definition) is 1. The number of ether oxygens (including phenoxy) is 1. The quantitative estimate of drug-likeness (QED) is 0.725. The summed E-state index contributed by atoms with van der Waals surface area (Å²) in [5.74, 6) is 0.759. The lowest BCUT2D eigenvalue weighted by molar-refractivity contribution is 0.0983. The summed E-state index contributed by atoms with van der Waals surface area (Å²) in [4.78, 5) is 13.2. The molecule has 2 unspecified atom stereocenters. The smallest absolute Gasteiger partial charge is 0.409 e. The Kier molecular flexibility index (Phi) is 3.75. The number of hydrogen-bond acceptors (Lipinski definition) is 3. The highest BCUT2D eigenvalue weighted by Crippen LogP contribution is 2.15. The average molecular weight is 200 g/mol. The van der Waals surface area contributed by atoms with Crippen LogP contribution in [0.2, 0.25) is 0 Å². The average Bonchev–Trinajstić information content (AvgIpc) is 2.43. The fourth-order valence-corrected chi connectivity index (χ4v) is 1.47. The molecule has 1 aliphatic rings. The molecule has 1 fully saturated rings. The number of carbonyl (C=O) groups is 1. The summed E-state index contributed by atoms with van der Waals surface area (Å²) in [6, 6.07) is 0.0987. The molecule has 0 aliphatic carbocycles. The van der Waals surface area contributed by atoms with Gasteiger partial charge >= 0.3 is 6.09 Å². The molecule has 82 valence electrons. The van der Waals surface area contributed by atoms with E-state index in [0.29, 0.717) is 25.0 Å². The van der Waals surface area contributed by atoms with Crippen molar-refractivity contribution in [2.45, 2.75) is 26.8 Å². The minimum absolute atomic E-state index is 0.0987. The Balaban J connectivity index is 2.32. The van der Waals surface area contributed by atoms with Gasteiger partial charge in [0.1, 0.15) is 0 Å². The van der Waals surface area contributed by atoms with Crippen molar-refractivity contribution >= 4 is 6.09 Å². The van der Waals surface area contributed by atoms with E-state index in [0.717, 1.165) is 6.54 Å². The summed E-state index contributed by atoms with van der Waals surface area (Å²) in [5.41, 5.74) is 5.81. The van der Waals surface area contributed by atoms with Gasteiger partial charge < -0.3 is 15.4 Å². The van der Waals surface area contributed by atoms with E-state index in [9.17, 15) is 4.79 Å². The van der Waals surface area contributed by atoms with Crippen molar-refractivity contribution in [3.8, 4) is 0 Å². The molecule has 1 amide bonds. The summed E-state index contributed by atoms with van der Waals surface area (Å²) < 4.78 is 5.12. The highest BCUT2D eigenvalue weighted by molar-refractivity contribution is 5.68. The normalized spacial score (nSPS) is 27.1. The van der Waals surface area contributed by atoms with Crippen LogP contribution in [0.3, 0.4) is 0 Å². The molecule has 0 bridgehead atoms. The highest BCUT2D eigenvalue weighted by Gasteiger charge is 2.30. The third-order valence-electron chi connectivity index (χ3n) is 2.47. The fraction of sp³-hybridized carbons (Fsp3) is 0.900. The molecule has 1 saturated heterocycles. The Bertz CT molecular complexity index is 196. The van der Waals surface area contributed by atoms with E-state index < -0.39 is 0 Å². The van der Waals surface area contributed by atoms with Gasteiger partial charge in [0.15, 0.2) is 0 Å². The molecule has 4 heteroatoms. The zero-order chi connectivity index (χ0) is 10.7. The predicted octanol–water partition coefficient (Wildman–Crippen LogP) is 1.06. The summed E-state index contributed by atoms with van der Waals surface area (Å²) in [5, 5.41) is 0. The Morgan fingerprint density at radius 2 is 2.21 bits per heavy atom. The van der Waals surface area contributed by atoms with E-state index in [-0.39, 0.29) is 12.1 Å². The molecule has 0 aromatic carbocycles. The topological polar surface area (TPSA) is 55.6 Å². The lowest BCUT2D eigenvalue weighted by Crippen LogP contribution is -2.33. The Hall–Kier alpha value is -0.770. The minimum atomic E-state index is -0.224. The van der Waals surface area contributed by atoms with Crippen molar-refractivity contribution in [3.05, 3.63) is 0 Å². The van der Waals surface area contributed by atoms with E-state index in [2.05, 4.69) is 6.92 Å². The first kappa shape index (κ1) is 11.3. The minimum Gasteiger partial charge on any atom is -0.449 e. The maximum atomic E-state index is 11.5. The van der Waals surface area contributed by atoms with E-state index in [1.165, 1.54) is 0 Å². The Labute approximate surface area is 85.4 Å². The first-order valence-electron chi connectivity index (χ1n) is 5.18. The van der Waals surface area contributed by atoms with Crippen LogP contribution in [0.15, 0.2) is 0 Å². The van der Waals surface area contributed by atoms with Gasteiger partial charge in [0.25, 0.3) is 0 Å². The van der Waals surface area contributed by atoms with E-state index >= 15 is 0 Å². The molecule has 0 aromatic heterocycles. The molecule has 0 saturated carbocycles. The molecule has 0 spiro atoms. The van der Waals surface area contributed by atoms with Crippen LogP contribution in [-0.4, -0.2) is 36.7 Å². The lowest BCUT2D eigenvalue weighted by atomic mass is 10.1. The summed E-state index contributed by atoms with van der Waals surface area (Å²) >= 11 is 0. The van der Waals surface area contributed by atoms with Gasteiger partial charge in [-0.15, -0.1) is 0 Å². The number of carbonyl (C=O) groups excluding carboxylic acids is 1. The Morgan fingerprint density at radius 3 is 2.64 bits per heavy atom. The first-order valence-corrected chi connectivity index (χ1v) is 5.18. The van der Waals surface area contributed by atoms with Crippen molar-refractivity contribution in [2.75, 3.05) is 19.7 Å². The summed E-state index contributed by atoms with van der Waals surface area (Å²) in [7, 11) is 0. The van der Waals surface area contributed by atoms with Crippen molar-refractivity contribution in [1.29, 1.82) is 0 Å². The molecular weight excluding hydrogens is 180 g/mol. The third-order valence-corrected chi connectivity index (χ3v) is 2.47. The van der Waals surface area contributed by atoms with Gasteiger partial charge in [0, 0.05) is 19.1 Å². The Morgan fingerprint density at radius 1 is 1.57 bits per heavy atom. The van der Waals surface area contributed by atoms with Crippen LogP contribution < -0.4 is 5.73 Å². The van der Waals surface area contributed by atoms with Crippen LogP contribution in [0.5, 0.6) is 0 Å². The lowest BCUT2D eigenvalue weighted by Gasteiger charge is -2.16. The van der Waals surface area contributed by atoms with Crippen LogP contribution in [0, 0.1) is 11.8 Å². The number of nitrogens with two attached hydrogens (primary N) is 1. The van der Waals surface area contributed by atoms with Gasteiger partial charge in [0.05, 0.1) is 6.61 Å². The van der Waals surface area contributed by atoms with Gasteiger partial charge in [-0.1, -0.05) is 20.8 Å². The van der Waals surface area contributed by atoms with Gasteiger partial charge in [-0.2, -0.15) is 0 Å². The molecular formula is C10H20N2O2. The first-order chi connectivity index (χ1) is 6.50. The van der Waals surface area contributed by atoms with Crippen molar-refractivity contribution < 1.29 is 9.53 Å². The largest absolute Gasteiger partial charge is 0.449 e. The SMILES string of the molecule is CC(C)COC(=O)N1CC(C)C(N)C1. The molecule has 1 aliphatic heterocycles. The van der Waals surface area contributed by atoms with Crippen LogP contribution in [-0.2, 0) is 4.74 Å². The maximum absolute atomic E-state index is 11.5. The molecule has 1 heterocycles. The van der Waals surface area contributed by atoms with E-state index in [1.54, 1.807) is 4.90 Å². The number of amides is 1. The predicted molar refractivity (Wildman–Crippen MR) is 54.9 cm³/mol. The van der Waals surface area contributed by atoms with E-state index in [4.69, 9.17) is 10.5 Å². The molecule has 0 radical (unpaired) electrons. The maximum Gasteiger partial charge on any atom is 0.409 e. The van der Waals surface area contributed by atoms with Gasteiger partial charge in [0.2, 0.25) is 0 Å². The van der Waals surface area contributed by atoms with E-state index in [1.807, 2.05) is 13.8 Å². The standard InChI is InChI=1S/C10H20N2O2/c1-7(2)6-14-10(13)12-4-8(3)9(11)5-12/h7-9H,4-6,11H2,1-3H3. The molecule has 1 rings (SSSR count). The van der Waals surface area contributed by atoms with Crippen molar-refractivity contribution in [2.24, 2.45) is 17.6 Å². The van der Waals surface area contributed by atoms with Gasteiger partial charge in [-0.3, -0.25) is 0 Å². The zero-order valence-electron chi connectivity index (χ0n) is 9.19. The second kappa shape index (κ2) is 4.64. The zero-order valence-corrected chi connectivity index (χ0v) is 9.19.